The van der Waals surface area contributed by atoms with Crippen LogP contribution in [0.25, 0.3) is 0 Å². The maximum atomic E-state index is 11.5. The third kappa shape index (κ3) is 6.45. The summed E-state index contributed by atoms with van der Waals surface area (Å²) in [6.07, 6.45) is 0.859. The van der Waals surface area contributed by atoms with Crippen LogP contribution in [0, 0.1) is 5.92 Å². The van der Waals surface area contributed by atoms with Gasteiger partial charge in [0.1, 0.15) is 0 Å². The standard InChI is InChI=1S/C11H25NO3S/c1-9(2)7-11(8-13)12-5-6-16(14,15)10(3)4/h9-13H,5-8H2,1-4H3. The first-order chi connectivity index (χ1) is 7.29. The average Bonchev–Trinajstić information content (AvgIpc) is 2.15. The van der Waals surface area contributed by atoms with E-state index in [4.69, 9.17) is 5.11 Å². The van der Waals surface area contributed by atoms with E-state index < -0.39 is 9.84 Å². The second-order valence-electron chi connectivity index (χ2n) is 4.88. The molecule has 0 aliphatic heterocycles. The van der Waals surface area contributed by atoms with Crippen molar-refractivity contribution in [1.82, 2.24) is 5.32 Å². The minimum absolute atomic E-state index is 0.00219. The quantitative estimate of drug-likeness (QED) is 0.670. The molecule has 0 spiro atoms. The fraction of sp³-hybridized carbons (Fsp3) is 1.00. The highest BCUT2D eigenvalue weighted by molar-refractivity contribution is 7.92. The lowest BCUT2D eigenvalue weighted by atomic mass is 10.0. The molecule has 0 saturated carbocycles. The third-order valence-electron chi connectivity index (χ3n) is 2.51. The minimum atomic E-state index is -2.97. The summed E-state index contributed by atoms with van der Waals surface area (Å²) in [4.78, 5) is 0. The first-order valence-electron chi connectivity index (χ1n) is 5.85. The van der Waals surface area contributed by atoms with Gasteiger partial charge in [0.05, 0.1) is 17.6 Å². The molecular weight excluding hydrogens is 226 g/mol. The van der Waals surface area contributed by atoms with Crippen LogP contribution in [0.1, 0.15) is 34.1 Å². The monoisotopic (exact) mass is 251 g/mol. The molecule has 1 atom stereocenters. The van der Waals surface area contributed by atoms with E-state index in [1.165, 1.54) is 0 Å². The first kappa shape index (κ1) is 15.9. The second kappa shape index (κ2) is 7.25. The molecule has 0 aromatic heterocycles. The summed E-state index contributed by atoms with van der Waals surface area (Å²) in [5.41, 5.74) is 0. The van der Waals surface area contributed by atoms with Gasteiger partial charge in [-0.2, -0.15) is 0 Å². The highest BCUT2D eigenvalue weighted by Crippen LogP contribution is 2.04. The lowest BCUT2D eigenvalue weighted by Crippen LogP contribution is -2.37. The Morgan fingerprint density at radius 1 is 1.19 bits per heavy atom. The number of aliphatic hydroxyl groups is 1. The van der Waals surface area contributed by atoms with Crippen molar-refractivity contribution in [1.29, 1.82) is 0 Å². The van der Waals surface area contributed by atoms with Crippen LogP contribution < -0.4 is 5.32 Å². The van der Waals surface area contributed by atoms with Crippen molar-refractivity contribution in [2.45, 2.75) is 45.4 Å². The van der Waals surface area contributed by atoms with E-state index in [-0.39, 0.29) is 23.7 Å². The van der Waals surface area contributed by atoms with Crippen LogP contribution in [0.2, 0.25) is 0 Å². The van der Waals surface area contributed by atoms with Crippen molar-refractivity contribution >= 4 is 9.84 Å². The van der Waals surface area contributed by atoms with Gasteiger partial charge in [-0.25, -0.2) is 8.42 Å². The molecule has 0 aromatic rings. The van der Waals surface area contributed by atoms with Crippen LogP contribution in [0.5, 0.6) is 0 Å². The van der Waals surface area contributed by atoms with Gasteiger partial charge >= 0.3 is 0 Å². The number of hydrogen-bond acceptors (Lipinski definition) is 4. The van der Waals surface area contributed by atoms with E-state index in [9.17, 15) is 8.42 Å². The van der Waals surface area contributed by atoms with Crippen molar-refractivity contribution in [3.63, 3.8) is 0 Å². The van der Waals surface area contributed by atoms with Gasteiger partial charge in [-0.3, -0.25) is 0 Å². The fourth-order valence-corrected chi connectivity index (χ4v) is 2.31. The molecule has 0 aromatic carbocycles. The smallest absolute Gasteiger partial charge is 0.153 e. The van der Waals surface area contributed by atoms with Crippen LogP contribution in [0.4, 0.5) is 0 Å². The summed E-state index contributed by atoms with van der Waals surface area (Å²) in [7, 11) is -2.97. The van der Waals surface area contributed by atoms with Gasteiger partial charge in [-0.15, -0.1) is 0 Å². The maximum absolute atomic E-state index is 11.5. The van der Waals surface area contributed by atoms with Crippen LogP contribution in [-0.4, -0.2) is 43.7 Å². The highest BCUT2D eigenvalue weighted by Gasteiger charge is 2.16. The van der Waals surface area contributed by atoms with Crippen molar-refractivity contribution in [2.75, 3.05) is 18.9 Å². The molecule has 0 amide bonds. The molecular formula is C11H25NO3S. The summed E-state index contributed by atoms with van der Waals surface area (Å²) in [6, 6.07) is 0.00219. The maximum Gasteiger partial charge on any atom is 0.153 e. The number of nitrogens with one attached hydrogen (secondary N) is 1. The van der Waals surface area contributed by atoms with Crippen LogP contribution in [-0.2, 0) is 9.84 Å². The molecule has 0 fully saturated rings. The Labute approximate surface area is 99.4 Å². The van der Waals surface area contributed by atoms with E-state index in [2.05, 4.69) is 19.2 Å². The van der Waals surface area contributed by atoms with E-state index in [0.29, 0.717) is 12.5 Å². The first-order valence-corrected chi connectivity index (χ1v) is 7.57. The fourth-order valence-electron chi connectivity index (χ4n) is 1.43. The molecule has 0 heterocycles. The zero-order chi connectivity index (χ0) is 12.8. The Morgan fingerprint density at radius 2 is 1.75 bits per heavy atom. The lowest BCUT2D eigenvalue weighted by Gasteiger charge is -2.18. The van der Waals surface area contributed by atoms with Gasteiger partial charge in [-0.05, 0) is 26.2 Å². The molecule has 2 N–H and O–H groups in total. The molecule has 0 aliphatic carbocycles. The van der Waals surface area contributed by atoms with Crippen LogP contribution in [0.3, 0.4) is 0 Å². The Bertz CT molecular complexity index is 273. The normalized spacial score (nSPS) is 14.7. The molecule has 4 nitrogen and oxygen atoms in total. The zero-order valence-electron chi connectivity index (χ0n) is 10.7. The lowest BCUT2D eigenvalue weighted by molar-refractivity contribution is 0.226. The van der Waals surface area contributed by atoms with E-state index in [1.807, 2.05) is 0 Å². The van der Waals surface area contributed by atoms with E-state index in [1.54, 1.807) is 13.8 Å². The molecule has 0 radical (unpaired) electrons. The van der Waals surface area contributed by atoms with Gasteiger partial charge in [0.15, 0.2) is 9.84 Å². The van der Waals surface area contributed by atoms with Crippen molar-refractivity contribution < 1.29 is 13.5 Å². The van der Waals surface area contributed by atoms with E-state index in [0.717, 1.165) is 6.42 Å². The third-order valence-corrected chi connectivity index (χ3v) is 4.72. The molecule has 0 aliphatic rings. The summed E-state index contributed by atoms with van der Waals surface area (Å²) >= 11 is 0. The molecule has 16 heavy (non-hydrogen) atoms. The Morgan fingerprint density at radius 3 is 2.12 bits per heavy atom. The van der Waals surface area contributed by atoms with Gasteiger partial charge in [0, 0.05) is 12.6 Å². The summed E-state index contributed by atoms with van der Waals surface area (Å²) in [6.45, 7) is 8.00. The molecule has 5 heteroatoms. The Balaban J connectivity index is 3.96. The molecule has 1 unspecified atom stereocenters. The minimum Gasteiger partial charge on any atom is -0.395 e. The largest absolute Gasteiger partial charge is 0.395 e. The van der Waals surface area contributed by atoms with E-state index >= 15 is 0 Å². The van der Waals surface area contributed by atoms with Gasteiger partial charge < -0.3 is 10.4 Å². The average molecular weight is 251 g/mol. The molecule has 0 bridgehead atoms. The van der Waals surface area contributed by atoms with Crippen LogP contribution in [0.15, 0.2) is 0 Å². The summed E-state index contributed by atoms with van der Waals surface area (Å²) in [5, 5.41) is 11.9. The molecule has 0 rings (SSSR count). The van der Waals surface area contributed by atoms with Crippen molar-refractivity contribution in [3.8, 4) is 0 Å². The molecule has 0 saturated heterocycles. The predicted molar refractivity (Wildman–Crippen MR) is 67.3 cm³/mol. The topological polar surface area (TPSA) is 66.4 Å². The van der Waals surface area contributed by atoms with Crippen LogP contribution >= 0.6 is 0 Å². The number of hydrogen-bond donors (Lipinski definition) is 2. The molecule has 98 valence electrons. The Hall–Kier alpha value is -0.130. The predicted octanol–water partition coefficient (Wildman–Crippen LogP) is 0.806. The number of sulfone groups is 1. The summed E-state index contributed by atoms with van der Waals surface area (Å²) < 4.78 is 23.0. The zero-order valence-corrected chi connectivity index (χ0v) is 11.5. The van der Waals surface area contributed by atoms with Gasteiger partial charge in [0.25, 0.3) is 0 Å². The number of rotatable bonds is 8. The highest BCUT2D eigenvalue weighted by atomic mass is 32.2. The second-order valence-corrected chi connectivity index (χ2v) is 7.56. The Kier molecular flexibility index (Phi) is 7.19. The van der Waals surface area contributed by atoms with Crippen molar-refractivity contribution in [2.24, 2.45) is 5.92 Å². The van der Waals surface area contributed by atoms with Gasteiger partial charge in [-0.1, -0.05) is 13.8 Å². The summed E-state index contributed by atoms with van der Waals surface area (Å²) in [5.74, 6) is 0.630. The van der Waals surface area contributed by atoms with Crippen molar-refractivity contribution in [3.05, 3.63) is 0 Å². The number of aliphatic hydroxyl groups excluding tert-OH is 1. The SMILES string of the molecule is CC(C)CC(CO)NCCS(=O)(=O)C(C)C. The van der Waals surface area contributed by atoms with Gasteiger partial charge in [0.2, 0.25) is 0 Å².